The molecule has 1 rings (SSSR count). The molecule has 0 saturated carbocycles. The third kappa shape index (κ3) is 4.01. The fourth-order valence-corrected chi connectivity index (χ4v) is 3.17. The van der Waals surface area contributed by atoms with Crippen molar-refractivity contribution in [3.8, 4) is 0 Å². The fraction of sp³-hybridized carbons (Fsp3) is 0.538. The Kier molecular flexibility index (Phi) is 5.93. The van der Waals surface area contributed by atoms with E-state index >= 15 is 0 Å². The second-order valence-corrected chi connectivity index (χ2v) is 6.46. The Morgan fingerprint density at radius 3 is 2.63 bits per heavy atom. The lowest BCUT2D eigenvalue weighted by Gasteiger charge is -2.18. The van der Waals surface area contributed by atoms with Crippen LogP contribution in [0.3, 0.4) is 0 Å². The van der Waals surface area contributed by atoms with Gasteiger partial charge in [-0.3, -0.25) is 0 Å². The lowest BCUT2D eigenvalue weighted by Crippen LogP contribution is -2.30. The van der Waals surface area contributed by atoms with E-state index in [0.29, 0.717) is 24.6 Å². The van der Waals surface area contributed by atoms with E-state index in [1.54, 1.807) is 27.1 Å². The molecule has 0 saturated heterocycles. The highest BCUT2D eigenvalue weighted by Crippen LogP contribution is 2.20. The summed E-state index contributed by atoms with van der Waals surface area (Å²) in [5.74, 6) is 0. The van der Waals surface area contributed by atoms with Gasteiger partial charge in [0.05, 0.1) is 11.5 Å². The van der Waals surface area contributed by atoms with Gasteiger partial charge >= 0.3 is 0 Å². The first kappa shape index (κ1) is 16.1. The highest BCUT2D eigenvalue weighted by molar-refractivity contribution is 7.89. The van der Waals surface area contributed by atoms with E-state index in [4.69, 9.17) is 4.74 Å². The molecule has 0 aliphatic heterocycles. The Labute approximate surface area is 115 Å². The lowest BCUT2D eigenvalue weighted by atomic mass is 10.1. The summed E-state index contributed by atoms with van der Waals surface area (Å²) in [4.78, 5) is 0.360. The average molecular weight is 286 g/mol. The Hall–Kier alpha value is -0.950. The fourth-order valence-electron chi connectivity index (χ4n) is 1.74. The summed E-state index contributed by atoms with van der Waals surface area (Å²) >= 11 is 0. The summed E-state index contributed by atoms with van der Waals surface area (Å²) < 4.78 is 31.2. The summed E-state index contributed by atoms with van der Waals surface area (Å²) in [7, 11) is 1.50. The first-order chi connectivity index (χ1) is 8.93. The number of aryl methyl sites for hydroxylation is 1. The first-order valence-electron chi connectivity index (χ1n) is 6.13. The van der Waals surface area contributed by atoms with Crippen molar-refractivity contribution in [2.45, 2.75) is 18.4 Å². The number of hydrogen-bond acceptors (Lipinski definition) is 4. The van der Waals surface area contributed by atoms with Gasteiger partial charge < -0.3 is 10.1 Å². The quantitative estimate of drug-likeness (QED) is 0.812. The van der Waals surface area contributed by atoms with Crippen LogP contribution in [0, 0.1) is 6.92 Å². The Balaban J connectivity index is 3.09. The van der Waals surface area contributed by atoms with Crippen LogP contribution >= 0.6 is 0 Å². The van der Waals surface area contributed by atoms with Crippen LogP contribution in [0.5, 0.6) is 0 Å². The zero-order valence-electron chi connectivity index (χ0n) is 11.9. The molecule has 0 amide bonds. The molecular weight excluding hydrogens is 264 g/mol. The maximum Gasteiger partial charge on any atom is 0.243 e. The number of rotatable bonds is 7. The predicted molar refractivity (Wildman–Crippen MR) is 75.6 cm³/mol. The number of ether oxygens (including phenoxy) is 1. The maximum absolute atomic E-state index is 12.5. The smallest absolute Gasteiger partial charge is 0.243 e. The SMILES string of the molecule is CNCc1ccc(C)c(S(=O)(=O)N(C)CCOC)c1. The van der Waals surface area contributed by atoms with Crippen molar-refractivity contribution in [3.05, 3.63) is 29.3 Å². The van der Waals surface area contributed by atoms with Gasteiger partial charge in [-0.15, -0.1) is 0 Å². The molecule has 0 spiro atoms. The van der Waals surface area contributed by atoms with Gasteiger partial charge in [0, 0.05) is 27.2 Å². The van der Waals surface area contributed by atoms with Gasteiger partial charge in [-0.1, -0.05) is 12.1 Å². The second-order valence-electron chi connectivity index (χ2n) is 4.45. The summed E-state index contributed by atoms with van der Waals surface area (Å²) in [6.45, 7) is 3.17. The van der Waals surface area contributed by atoms with Crippen LogP contribution in [0.4, 0.5) is 0 Å². The second kappa shape index (κ2) is 7.00. The molecule has 6 heteroatoms. The minimum atomic E-state index is -3.46. The van der Waals surface area contributed by atoms with Gasteiger partial charge in [0.15, 0.2) is 0 Å². The summed E-state index contributed by atoms with van der Waals surface area (Å²) in [5.41, 5.74) is 1.70. The third-order valence-corrected chi connectivity index (χ3v) is 4.93. The van der Waals surface area contributed by atoms with Crippen molar-refractivity contribution in [1.29, 1.82) is 0 Å². The van der Waals surface area contributed by atoms with Crippen molar-refractivity contribution < 1.29 is 13.2 Å². The van der Waals surface area contributed by atoms with E-state index in [-0.39, 0.29) is 0 Å². The van der Waals surface area contributed by atoms with Crippen molar-refractivity contribution in [1.82, 2.24) is 9.62 Å². The molecule has 0 bridgehead atoms. The van der Waals surface area contributed by atoms with Gasteiger partial charge in [0.1, 0.15) is 0 Å². The molecule has 0 unspecified atom stereocenters. The van der Waals surface area contributed by atoms with Crippen molar-refractivity contribution in [2.24, 2.45) is 0 Å². The van der Waals surface area contributed by atoms with Crippen LogP contribution < -0.4 is 5.32 Å². The molecule has 0 atom stereocenters. The molecule has 19 heavy (non-hydrogen) atoms. The van der Waals surface area contributed by atoms with Crippen molar-refractivity contribution in [3.63, 3.8) is 0 Å². The first-order valence-corrected chi connectivity index (χ1v) is 7.57. The van der Waals surface area contributed by atoms with Gasteiger partial charge in [-0.2, -0.15) is 4.31 Å². The minimum absolute atomic E-state index is 0.342. The number of benzene rings is 1. The zero-order chi connectivity index (χ0) is 14.5. The molecule has 5 nitrogen and oxygen atoms in total. The number of nitrogens with one attached hydrogen (secondary N) is 1. The van der Waals surface area contributed by atoms with Crippen LogP contribution in [0.15, 0.2) is 23.1 Å². The monoisotopic (exact) mass is 286 g/mol. The van der Waals surface area contributed by atoms with Crippen LogP contribution in [0.25, 0.3) is 0 Å². The third-order valence-electron chi connectivity index (χ3n) is 2.93. The lowest BCUT2D eigenvalue weighted by molar-refractivity contribution is 0.185. The van der Waals surface area contributed by atoms with E-state index in [0.717, 1.165) is 11.1 Å². The number of likely N-dealkylation sites (N-methyl/N-ethyl adjacent to an activating group) is 1. The van der Waals surface area contributed by atoms with Gasteiger partial charge in [0.2, 0.25) is 10.0 Å². The van der Waals surface area contributed by atoms with Crippen LogP contribution in [0.2, 0.25) is 0 Å². The topological polar surface area (TPSA) is 58.6 Å². The predicted octanol–water partition coefficient (Wildman–Crippen LogP) is 0.981. The molecule has 1 N–H and O–H groups in total. The molecule has 1 aromatic rings. The normalized spacial score (nSPS) is 12.1. The van der Waals surface area contributed by atoms with Gasteiger partial charge in [-0.25, -0.2) is 8.42 Å². The number of sulfonamides is 1. The Bertz CT molecular complexity index is 515. The zero-order valence-corrected chi connectivity index (χ0v) is 12.8. The number of methoxy groups -OCH3 is 1. The molecule has 0 radical (unpaired) electrons. The molecule has 0 fully saturated rings. The molecule has 0 aromatic heterocycles. The Morgan fingerprint density at radius 2 is 2.05 bits per heavy atom. The highest BCUT2D eigenvalue weighted by atomic mass is 32.2. The average Bonchev–Trinajstić information content (AvgIpc) is 2.38. The number of nitrogens with zero attached hydrogens (tertiary/aromatic N) is 1. The summed E-state index contributed by atoms with van der Waals surface area (Å²) in [6, 6.07) is 5.49. The largest absolute Gasteiger partial charge is 0.383 e. The van der Waals surface area contributed by atoms with E-state index in [9.17, 15) is 8.42 Å². The van der Waals surface area contributed by atoms with Crippen LogP contribution in [-0.4, -0.2) is 47.1 Å². The molecule has 0 heterocycles. The number of hydrogen-bond donors (Lipinski definition) is 1. The standard InChI is InChI=1S/C13H22N2O3S/c1-11-5-6-12(10-14-2)9-13(11)19(16,17)15(3)7-8-18-4/h5-6,9,14H,7-8,10H2,1-4H3. The van der Waals surface area contributed by atoms with E-state index in [2.05, 4.69) is 5.32 Å². The molecule has 0 aliphatic rings. The van der Waals surface area contributed by atoms with Crippen LogP contribution in [0.1, 0.15) is 11.1 Å². The molecule has 0 aliphatic carbocycles. The molecular formula is C13H22N2O3S. The molecule has 108 valence electrons. The maximum atomic E-state index is 12.5. The van der Waals surface area contributed by atoms with E-state index < -0.39 is 10.0 Å². The van der Waals surface area contributed by atoms with E-state index in [1.807, 2.05) is 19.2 Å². The van der Waals surface area contributed by atoms with Crippen molar-refractivity contribution >= 4 is 10.0 Å². The van der Waals surface area contributed by atoms with Crippen LogP contribution in [-0.2, 0) is 21.3 Å². The van der Waals surface area contributed by atoms with Gasteiger partial charge in [-0.05, 0) is 31.2 Å². The molecule has 1 aromatic carbocycles. The summed E-state index contributed by atoms with van der Waals surface area (Å²) in [6.07, 6.45) is 0. The Morgan fingerprint density at radius 1 is 1.37 bits per heavy atom. The van der Waals surface area contributed by atoms with Crippen molar-refractivity contribution in [2.75, 3.05) is 34.4 Å². The summed E-state index contributed by atoms with van der Waals surface area (Å²) in [5, 5.41) is 3.02. The van der Waals surface area contributed by atoms with E-state index in [1.165, 1.54) is 4.31 Å². The van der Waals surface area contributed by atoms with Gasteiger partial charge in [0.25, 0.3) is 0 Å². The minimum Gasteiger partial charge on any atom is -0.383 e. The highest BCUT2D eigenvalue weighted by Gasteiger charge is 2.22.